The zero-order chi connectivity index (χ0) is 10.3. The lowest BCUT2D eigenvalue weighted by Crippen LogP contribution is -2.18. The summed E-state index contributed by atoms with van der Waals surface area (Å²) in [6.45, 7) is 0.948. The molecule has 80 valence electrons. The highest BCUT2D eigenvalue weighted by Crippen LogP contribution is 2.61. The Morgan fingerprint density at radius 3 is 2.53 bits per heavy atom. The lowest BCUT2D eigenvalue weighted by Gasteiger charge is -2.14. The number of hydrogen-bond donors (Lipinski definition) is 1. The van der Waals surface area contributed by atoms with E-state index in [4.69, 9.17) is 0 Å². The summed E-state index contributed by atoms with van der Waals surface area (Å²) in [6.07, 6.45) is 7.81. The highest BCUT2D eigenvalue weighted by Gasteiger charge is 2.53. The van der Waals surface area contributed by atoms with Gasteiger partial charge in [-0.1, -0.05) is 0 Å². The second-order valence-corrected chi connectivity index (χ2v) is 4.72. The molecule has 0 unspecified atom stereocenters. The third-order valence-electron chi connectivity index (χ3n) is 3.55. The van der Waals surface area contributed by atoms with Crippen LogP contribution in [0.2, 0.25) is 0 Å². The first-order valence-corrected chi connectivity index (χ1v) is 5.50. The van der Waals surface area contributed by atoms with Crippen molar-refractivity contribution in [2.45, 2.75) is 25.7 Å². The molecular formula is C11H14FN3. The molecule has 0 aliphatic heterocycles. The Morgan fingerprint density at radius 1 is 1.33 bits per heavy atom. The second-order valence-electron chi connectivity index (χ2n) is 4.72. The fourth-order valence-corrected chi connectivity index (χ4v) is 2.24. The zero-order valence-corrected chi connectivity index (χ0v) is 8.54. The molecule has 1 aromatic heterocycles. The van der Waals surface area contributed by atoms with E-state index in [1.165, 1.54) is 38.1 Å². The fourth-order valence-electron chi connectivity index (χ4n) is 2.24. The van der Waals surface area contributed by atoms with E-state index in [1.807, 2.05) is 0 Å². The molecule has 4 heteroatoms. The van der Waals surface area contributed by atoms with Crippen LogP contribution in [0, 0.1) is 17.2 Å². The van der Waals surface area contributed by atoms with Gasteiger partial charge in [0, 0.05) is 6.54 Å². The Hall–Kier alpha value is -1.19. The van der Waals surface area contributed by atoms with Crippen LogP contribution in [0.1, 0.15) is 25.7 Å². The van der Waals surface area contributed by atoms with Crippen molar-refractivity contribution >= 4 is 5.95 Å². The van der Waals surface area contributed by atoms with Crippen LogP contribution in [0.3, 0.4) is 0 Å². The Morgan fingerprint density at radius 2 is 2.00 bits per heavy atom. The second kappa shape index (κ2) is 3.15. The highest BCUT2D eigenvalue weighted by atomic mass is 19.1. The zero-order valence-electron chi connectivity index (χ0n) is 8.54. The largest absolute Gasteiger partial charge is 0.354 e. The number of aromatic nitrogens is 2. The van der Waals surface area contributed by atoms with E-state index in [1.54, 1.807) is 0 Å². The SMILES string of the molecule is Fc1cnc(NCC2(C3CC3)CC2)nc1. The highest BCUT2D eigenvalue weighted by molar-refractivity contribution is 5.25. The molecule has 0 atom stereocenters. The number of halogens is 1. The first-order chi connectivity index (χ1) is 7.28. The predicted molar refractivity (Wildman–Crippen MR) is 54.9 cm³/mol. The van der Waals surface area contributed by atoms with Gasteiger partial charge in [-0.25, -0.2) is 14.4 Å². The van der Waals surface area contributed by atoms with Gasteiger partial charge in [0.2, 0.25) is 5.95 Å². The Labute approximate surface area is 88.1 Å². The average molecular weight is 207 g/mol. The lowest BCUT2D eigenvalue weighted by atomic mass is 10.0. The van der Waals surface area contributed by atoms with E-state index in [9.17, 15) is 4.39 Å². The lowest BCUT2D eigenvalue weighted by molar-refractivity contribution is 0.465. The first-order valence-electron chi connectivity index (χ1n) is 5.50. The summed E-state index contributed by atoms with van der Waals surface area (Å²) in [4.78, 5) is 7.78. The van der Waals surface area contributed by atoms with Crippen molar-refractivity contribution in [3.8, 4) is 0 Å². The Balaban J connectivity index is 1.59. The maximum absolute atomic E-state index is 12.6. The van der Waals surface area contributed by atoms with E-state index in [0.29, 0.717) is 11.4 Å². The van der Waals surface area contributed by atoms with Crippen LogP contribution in [0.4, 0.5) is 10.3 Å². The third kappa shape index (κ3) is 1.80. The minimum absolute atomic E-state index is 0.385. The van der Waals surface area contributed by atoms with E-state index in [2.05, 4.69) is 15.3 Å². The quantitative estimate of drug-likeness (QED) is 0.822. The van der Waals surface area contributed by atoms with Crippen molar-refractivity contribution in [3.05, 3.63) is 18.2 Å². The minimum Gasteiger partial charge on any atom is -0.354 e. The van der Waals surface area contributed by atoms with Gasteiger partial charge >= 0.3 is 0 Å². The van der Waals surface area contributed by atoms with Gasteiger partial charge in [0.05, 0.1) is 12.4 Å². The number of rotatable bonds is 4. The molecule has 2 aliphatic rings. The summed E-state index contributed by atoms with van der Waals surface area (Å²) in [5.41, 5.74) is 0.526. The van der Waals surface area contributed by atoms with E-state index in [0.717, 1.165) is 12.5 Å². The van der Waals surface area contributed by atoms with Crippen molar-refractivity contribution in [1.82, 2.24) is 9.97 Å². The summed E-state index contributed by atoms with van der Waals surface area (Å²) < 4.78 is 12.6. The third-order valence-corrected chi connectivity index (χ3v) is 3.55. The summed E-state index contributed by atoms with van der Waals surface area (Å²) in [5.74, 6) is 1.08. The molecule has 1 aromatic rings. The summed E-state index contributed by atoms with van der Waals surface area (Å²) in [5, 5.41) is 3.21. The van der Waals surface area contributed by atoms with Gasteiger partial charge in [0.25, 0.3) is 0 Å². The summed E-state index contributed by atoms with van der Waals surface area (Å²) >= 11 is 0. The standard InChI is InChI=1S/C11H14FN3/c12-9-5-13-10(14-6-9)15-7-11(3-4-11)8-1-2-8/h5-6,8H,1-4,7H2,(H,13,14,15). The minimum atomic E-state index is -0.385. The summed E-state index contributed by atoms with van der Waals surface area (Å²) in [7, 11) is 0. The van der Waals surface area contributed by atoms with Crippen molar-refractivity contribution in [1.29, 1.82) is 0 Å². The van der Waals surface area contributed by atoms with Gasteiger partial charge in [-0.05, 0) is 37.0 Å². The van der Waals surface area contributed by atoms with Crippen LogP contribution in [0.15, 0.2) is 12.4 Å². The number of hydrogen-bond acceptors (Lipinski definition) is 3. The van der Waals surface area contributed by atoms with Crippen LogP contribution < -0.4 is 5.32 Å². The average Bonchev–Trinajstić information content (AvgIpc) is 3.10. The van der Waals surface area contributed by atoms with Crippen LogP contribution in [-0.4, -0.2) is 16.5 Å². The smallest absolute Gasteiger partial charge is 0.222 e. The van der Waals surface area contributed by atoms with Gasteiger partial charge in [0.1, 0.15) is 0 Å². The predicted octanol–water partition coefficient (Wildman–Crippen LogP) is 2.22. The Kier molecular flexibility index (Phi) is 1.90. The van der Waals surface area contributed by atoms with E-state index < -0.39 is 0 Å². The van der Waals surface area contributed by atoms with Crippen LogP contribution in [0.5, 0.6) is 0 Å². The van der Waals surface area contributed by atoms with Crippen molar-refractivity contribution in [2.24, 2.45) is 11.3 Å². The molecule has 0 spiro atoms. The monoisotopic (exact) mass is 207 g/mol. The molecule has 0 bridgehead atoms. The molecular weight excluding hydrogens is 193 g/mol. The van der Waals surface area contributed by atoms with Gasteiger partial charge in [-0.3, -0.25) is 0 Å². The first kappa shape index (κ1) is 9.07. The van der Waals surface area contributed by atoms with Crippen molar-refractivity contribution < 1.29 is 4.39 Å². The molecule has 3 nitrogen and oxygen atoms in total. The van der Waals surface area contributed by atoms with Crippen LogP contribution >= 0.6 is 0 Å². The van der Waals surface area contributed by atoms with Crippen molar-refractivity contribution in [2.75, 3.05) is 11.9 Å². The topological polar surface area (TPSA) is 37.8 Å². The van der Waals surface area contributed by atoms with Gasteiger partial charge < -0.3 is 5.32 Å². The molecule has 0 amide bonds. The van der Waals surface area contributed by atoms with Gasteiger partial charge in [0.15, 0.2) is 5.82 Å². The molecule has 2 aliphatic carbocycles. The molecule has 1 N–H and O–H groups in total. The molecule has 3 rings (SSSR count). The van der Waals surface area contributed by atoms with Gasteiger partial charge in [-0.2, -0.15) is 0 Å². The maximum atomic E-state index is 12.6. The van der Waals surface area contributed by atoms with E-state index >= 15 is 0 Å². The molecule has 15 heavy (non-hydrogen) atoms. The molecule has 0 aromatic carbocycles. The fraction of sp³-hybridized carbons (Fsp3) is 0.636. The number of nitrogens with zero attached hydrogens (tertiary/aromatic N) is 2. The van der Waals surface area contributed by atoms with Gasteiger partial charge in [-0.15, -0.1) is 0 Å². The molecule has 2 saturated carbocycles. The Bertz CT molecular complexity index is 355. The normalized spacial score (nSPS) is 22.5. The molecule has 1 heterocycles. The van der Waals surface area contributed by atoms with Crippen LogP contribution in [0.25, 0.3) is 0 Å². The molecule has 0 radical (unpaired) electrons. The number of nitrogens with one attached hydrogen (secondary N) is 1. The maximum Gasteiger partial charge on any atom is 0.222 e. The van der Waals surface area contributed by atoms with E-state index in [-0.39, 0.29) is 5.82 Å². The molecule has 0 saturated heterocycles. The molecule has 2 fully saturated rings. The van der Waals surface area contributed by atoms with Crippen LogP contribution in [-0.2, 0) is 0 Å². The summed E-state index contributed by atoms with van der Waals surface area (Å²) in [6, 6.07) is 0. The number of anilines is 1. The van der Waals surface area contributed by atoms with Crippen molar-refractivity contribution in [3.63, 3.8) is 0 Å².